The Morgan fingerprint density at radius 3 is 2.38 bits per heavy atom. The zero-order valence-electron chi connectivity index (χ0n) is 11.5. The van der Waals surface area contributed by atoms with Crippen molar-refractivity contribution in [1.29, 1.82) is 0 Å². The van der Waals surface area contributed by atoms with Crippen LogP contribution < -0.4 is 0 Å². The van der Waals surface area contributed by atoms with Crippen molar-refractivity contribution in [2.24, 2.45) is 4.99 Å². The largest absolute Gasteiger partial charge is 0.419 e. The van der Waals surface area contributed by atoms with Gasteiger partial charge in [0.2, 0.25) is 0 Å². The monoisotopic (exact) mass is 332 g/mol. The molecule has 2 heterocycles. The maximum atomic E-state index is 14.2. The molecule has 5 nitrogen and oxygen atoms in total. The van der Waals surface area contributed by atoms with Gasteiger partial charge in [0.1, 0.15) is 23.7 Å². The van der Waals surface area contributed by atoms with Crippen molar-refractivity contribution in [2.45, 2.75) is 48.6 Å². The molecule has 6 unspecified atom stereocenters. The molecular weight excluding hydrogens is 316 g/mol. The van der Waals surface area contributed by atoms with Crippen LogP contribution in [0.4, 0.5) is 17.6 Å². The van der Waals surface area contributed by atoms with Gasteiger partial charge in [0.15, 0.2) is 16.9 Å². The molecule has 0 radical (unpaired) electrons. The molecule has 0 amide bonds. The summed E-state index contributed by atoms with van der Waals surface area (Å²) in [6.45, 7) is 0.460. The third kappa shape index (κ3) is 2.73. The van der Waals surface area contributed by atoms with Crippen LogP contribution in [0.25, 0.3) is 0 Å². The second kappa shape index (κ2) is 5.25. The van der Waals surface area contributed by atoms with Gasteiger partial charge < -0.3 is 19.8 Å². The topological polar surface area (TPSA) is 65.3 Å². The number of aliphatic hydroxyl groups is 2. The van der Waals surface area contributed by atoms with Gasteiger partial charge in [0, 0.05) is 14.1 Å². The molecule has 0 aromatic heterocycles. The van der Waals surface area contributed by atoms with E-state index in [9.17, 15) is 27.8 Å². The molecule has 1 saturated heterocycles. The summed E-state index contributed by atoms with van der Waals surface area (Å²) in [7, 11) is 3.30. The molecule has 0 aromatic rings. The molecule has 0 bridgehead atoms. The number of fused-ring (bicyclic) bond motifs is 1. The second-order valence-electron chi connectivity index (χ2n) is 5.42. The molecule has 122 valence electrons. The number of alkyl halides is 4. The Morgan fingerprint density at radius 1 is 1.33 bits per heavy atom. The number of rotatable bonds is 1. The molecule has 2 N–H and O–H groups in total. The maximum Gasteiger partial charge on any atom is 0.419 e. The van der Waals surface area contributed by atoms with E-state index in [2.05, 4.69) is 4.99 Å². The Balaban J connectivity index is 2.25. The first-order valence-electron chi connectivity index (χ1n) is 6.15. The number of amidine groups is 1. The van der Waals surface area contributed by atoms with Crippen molar-refractivity contribution in [2.75, 3.05) is 14.1 Å². The quantitative estimate of drug-likeness (QED) is 0.694. The lowest BCUT2D eigenvalue weighted by atomic mass is 9.87. The predicted molar refractivity (Wildman–Crippen MR) is 68.7 cm³/mol. The number of halogens is 4. The lowest BCUT2D eigenvalue weighted by Crippen LogP contribution is -2.65. The SMILES string of the molecule is CN(C)C1=NC2C(OC(C(C)(O)C(F)(F)F)C(O)C2F)S1. The average Bonchev–Trinajstić information content (AvgIpc) is 2.76. The molecule has 0 aromatic carbocycles. The Kier molecular flexibility index (Phi) is 4.20. The van der Waals surface area contributed by atoms with E-state index in [1.54, 1.807) is 19.0 Å². The highest BCUT2D eigenvalue weighted by molar-refractivity contribution is 8.14. The summed E-state index contributed by atoms with van der Waals surface area (Å²) in [5.41, 5.74) is -4.37. The molecule has 6 atom stereocenters. The molecule has 1 fully saturated rings. The van der Waals surface area contributed by atoms with Crippen molar-refractivity contribution in [1.82, 2.24) is 4.90 Å². The van der Waals surface area contributed by atoms with E-state index in [0.29, 0.717) is 12.1 Å². The van der Waals surface area contributed by atoms with Gasteiger partial charge in [-0.3, -0.25) is 4.99 Å². The number of hydrogen-bond donors (Lipinski definition) is 2. The number of aliphatic imine (C=N–C) groups is 1. The van der Waals surface area contributed by atoms with E-state index >= 15 is 0 Å². The van der Waals surface area contributed by atoms with Gasteiger partial charge >= 0.3 is 6.18 Å². The fraction of sp³-hybridized carbons (Fsp3) is 0.909. The molecule has 21 heavy (non-hydrogen) atoms. The van der Waals surface area contributed by atoms with E-state index in [1.807, 2.05) is 0 Å². The smallest absolute Gasteiger partial charge is 0.387 e. The van der Waals surface area contributed by atoms with Crippen LogP contribution in [-0.2, 0) is 4.74 Å². The Morgan fingerprint density at radius 2 is 1.90 bits per heavy atom. The average molecular weight is 332 g/mol. The van der Waals surface area contributed by atoms with E-state index in [1.165, 1.54) is 0 Å². The third-order valence-electron chi connectivity index (χ3n) is 3.51. The maximum absolute atomic E-state index is 14.2. The summed E-state index contributed by atoms with van der Waals surface area (Å²) in [5.74, 6) is 0. The molecular formula is C11H16F4N2O3S. The molecule has 0 spiro atoms. The van der Waals surface area contributed by atoms with Gasteiger partial charge in [-0.25, -0.2) is 4.39 Å². The number of aliphatic hydroxyl groups excluding tert-OH is 1. The van der Waals surface area contributed by atoms with Crippen molar-refractivity contribution in [3.63, 3.8) is 0 Å². The van der Waals surface area contributed by atoms with Gasteiger partial charge in [-0.05, 0) is 6.92 Å². The second-order valence-corrected chi connectivity index (χ2v) is 6.49. The summed E-state index contributed by atoms with van der Waals surface area (Å²) in [4.78, 5) is 5.57. The highest BCUT2D eigenvalue weighted by Crippen LogP contribution is 2.44. The van der Waals surface area contributed by atoms with E-state index in [-0.39, 0.29) is 0 Å². The van der Waals surface area contributed by atoms with Crippen LogP contribution in [0.15, 0.2) is 4.99 Å². The molecule has 2 aliphatic heterocycles. The number of thioether (sulfide) groups is 1. The van der Waals surface area contributed by atoms with Crippen LogP contribution in [0.5, 0.6) is 0 Å². The van der Waals surface area contributed by atoms with Crippen LogP contribution in [0.1, 0.15) is 6.92 Å². The first-order chi connectivity index (χ1) is 9.46. The number of ether oxygens (including phenoxy) is 1. The van der Waals surface area contributed by atoms with Gasteiger partial charge in [0.05, 0.1) is 0 Å². The lowest BCUT2D eigenvalue weighted by Gasteiger charge is -2.43. The van der Waals surface area contributed by atoms with Crippen LogP contribution in [0.2, 0.25) is 0 Å². The lowest BCUT2D eigenvalue weighted by molar-refractivity contribution is -0.314. The Bertz CT molecular complexity index is 444. The molecule has 2 rings (SSSR count). The first-order valence-corrected chi connectivity index (χ1v) is 7.03. The van der Waals surface area contributed by atoms with Crippen LogP contribution >= 0.6 is 11.8 Å². The normalized spacial score (nSPS) is 39.5. The van der Waals surface area contributed by atoms with Crippen molar-refractivity contribution in [3.05, 3.63) is 0 Å². The standard InChI is InChI=1S/C11H16F4N2O3S/c1-10(19,11(13,14)15)7-6(18)4(12)5-8(20-7)21-9(16-5)17(2)3/h4-8,18-19H,1-3H3. The van der Waals surface area contributed by atoms with Gasteiger partial charge in [-0.1, -0.05) is 11.8 Å². The van der Waals surface area contributed by atoms with Gasteiger partial charge in [-0.2, -0.15) is 13.2 Å². The van der Waals surface area contributed by atoms with Crippen molar-refractivity contribution < 1.29 is 32.5 Å². The Labute approximate surface area is 123 Å². The minimum absolute atomic E-state index is 0.396. The Hall–Kier alpha value is -0.580. The van der Waals surface area contributed by atoms with E-state index in [0.717, 1.165) is 11.8 Å². The van der Waals surface area contributed by atoms with Gasteiger partial charge in [0.25, 0.3) is 0 Å². The third-order valence-corrected chi connectivity index (χ3v) is 4.82. The summed E-state index contributed by atoms with van der Waals surface area (Å²) >= 11 is 0.963. The molecule has 10 heteroatoms. The summed E-state index contributed by atoms with van der Waals surface area (Å²) in [5, 5.41) is 19.8. The van der Waals surface area contributed by atoms with Crippen molar-refractivity contribution in [3.8, 4) is 0 Å². The highest BCUT2D eigenvalue weighted by atomic mass is 32.2. The van der Waals surface area contributed by atoms with Crippen LogP contribution in [0.3, 0.4) is 0 Å². The fourth-order valence-electron chi connectivity index (χ4n) is 2.16. The zero-order chi connectivity index (χ0) is 16.2. The first kappa shape index (κ1) is 16.8. The zero-order valence-corrected chi connectivity index (χ0v) is 12.3. The van der Waals surface area contributed by atoms with E-state index in [4.69, 9.17) is 4.74 Å². The summed E-state index contributed by atoms with van der Waals surface area (Å²) in [6.07, 6.45) is -11.3. The minimum atomic E-state index is -5.06. The fourth-order valence-corrected chi connectivity index (χ4v) is 3.29. The van der Waals surface area contributed by atoms with Crippen LogP contribution in [0, 0.1) is 0 Å². The highest BCUT2D eigenvalue weighted by Gasteiger charge is 2.63. The van der Waals surface area contributed by atoms with E-state index < -0.39 is 41.6 Å². The summed E-state index contributed by atoms with van der Waals surface area (Å²) < 4.78 is 57.9. The molecule has 0 aliphatic carbocycles. The predicted octanol–water partition coefficient (Wildman–Crippen LogP) is 0.757. The number of nitrogens with zero attached hydrogens (tertiary/aromatic N) is 2. The van der Waals surface area contributed by atoms with Crippen LogP contribution in [-0.4, -0.2) is 76.0 Å². The molecule has 2 aliphatic rings. The summed E-state index contributed by atoms with van der Waals surface area (Å²) in [6, 6.07) is -1.09. The molecule has 0 saturated carbocycles. The van der Waals surface area contributed by atoms with Gasteiger partial charge in [-0.15, -0.1) is 0 Å². The van der Waals surface area contributed by atoms with Crippen molar-refractivity contribution >= 4 is 16.9 Å². The number of hydrogen-bond acceptors (Lipinski definition) is 6. The minimum Gasteiger partial charge on any atom is -0.387 e.